The molecule has 1 fully saturated rings. The van der Waals surface area contributed by atoms with Crippen LogP contribution in [0.3, 0.4) is 0 Å². The van der Waals surface area contributed by atoms with E-state index in [9.17, 15) is 13.2 Å². The number of rotatable bonds is 6. The Hall–Kier alpha value is -2.19. The molecule has 2 aromatic rings. The highest BCUT2D eigenvalue weighted by molar-refractivity contribution is 7.89. The first-order chi connectivity index (χ1) is 12.9. The summed E-state index contributed by atoms with van der Waals surface area (Å²) in [6.45, 7) is 5.24. The maximum atomic E-state index is 12.8. The predicted molar refractivity (Wildman–Crippen MR) is 104 cm³/mol. The molecule has 0 saturated carbocycles. The number of aromatic nitrogens is 2. The third-order valence-corrected chi connectivity index (χ3v) is 6.69. The molecule has 1 aromatic heterocycles. The minimum Gasteiger partial charge on any atom is -0.336 e. The highest BCUT2D eigenvalue weighted by atomic mass is 32.2. The third-order valence-electron chi connectivity index (χ3n) is 4.94. The van der Waals surface area contributed by atoms with Crippen LogP contribution in [0, 0.1) is 5.92 Å². The van der Waals surface area contributed by atoms with E-state index in [0.717, 1.165) is 17.7 Å². The van der Waals surface area contributed by atoms with Crippen LogP contribution in [0.4, 0.5) is 5.69 Å². The lowest BCUT2D eigenvalue weighted by molar-refractivity contribution is -0.120. The summed E-state index contributed by atoms with van der Waals surface area (Å²) in [6.07, 6.45) is 5.27. The molecule has 1 N–H and O–H groups in total. The van der Waals surface area contributed by atoms with Gasteiger partial charge in [-0.25, -0.2) is 13.4 Å². The molecule has 7 nitrogen and oxygen atoms in total. The van der Waals surface area contributed by atoms with E-state index in [0.29, 0.717) is 25.9 Å². The summed E-state index contributed by atoms with van der Waals surface area (Å²) in [5.74, 6) is -0.505. The molecule has 2 heterocycles. The van der Waals surface area contributed by atoms with E-state index in [1.165, 1.54) is 16.8 Å². The van der Waals surface area contributed by atoms with E-state index in [1.54, 1.807) is 4.57 Å². The Labute approximate surface area is 160 Å². The minimum absolute atomic E-state index is 0.0426. The molecule has 8 heteroatoms. The molecular weight excluding hydrogens is 364 g/mol. The molecule has 0 aliphatic carbocycles. The van der Waals surface area contributed by atoms with Gasteiger partial charge in [-0.1, -0.05) is 19.1 Å². The molecule has 0 spiro atoms. The largest absolute Gasteiger partial charge is 0.336 e. The average Bonchev–Trinajstić information content (AvgIpc) is 3.18. The standard InChI is InChI=1S/C19H26N4O3S/c1-3-15-7-5-9-17(11-15)21-19(24)16-8-6-10-23(12-16)27(25,26)18-13-22(4-2)14-20-18/h5,7,9,11,13-14,16H,3-4,6,8,10,12H2,1-2H3,(H,21,24)/t16-/m1/s1. The lowest BCUT2D eigenvalue weighted by Crippen LogP contribution is -2.43. The monoisotopic (exact) mass is 390 g/mol. The summed E-state index contributed by atoms with van der Waals surface area (Å²) in [4.78, 5) is 16.7. The zero-order valence-electron chi connectivity index (χ0n) is 15.8. The van der Waals surface area contributed by atoms with Gasteiger partial charge in [0.25, 0.3) is 10.0 Å². The smallest absolute Gasteiger partial charge is 0.262 e. The number of imidazole rings is 1. The molecular formula is C19H26N4O3S. The minimum atomic E-state index is -3.68. The van der Waals surface area contributed by atoms with Crippen LogP contribution in [0.1, 0.15) is 32.3 Å². The van der Waals surface area contributed by atoms with Crippen molar-refractivity contribution in [2.75, 3.05) is 18.4 Å². The van der Waals surface area contributed by atoms with Crippen LogP contribution in [0.2, 0.25) is 0 Å². The van der Waals surface area contributed by atoms with Gasteiger partial charge >= 0.3 is 0 Å². The number of hydrogen-bond donors (Lipinski definition) is 1. The summed E-state index contributed by atoms with van der Waals surface area (Å²) in [6, 6.07) is 7.73. The number of nitrogens with zero attached hydrogens (tertiary/aromatic N) is 3. The molecule has 1 saturated heterocycles. The first kappa shape index (κ1) is 19.6. The third kappa shape index (κ3) is 4.39. The number of anilines is 1. The fourth-order valence-corrected chi connectivity index (χ4v) is 4.73. The quantitative estimate of drug-likeness (QED) is 0.821. The Morgan fingerprint density at radius 1 is 1.33 bits per heavy atom. The Morgan fingerprint density at radius 3 is 2.85 bits per heavy atom. The van der Waals surface area contributed by atoms with Gasteiger partial charge in [-0.05, 0) is 43.9 Å². The van der Waals surface area contributed by atoms with Gasteiger partial charge in [0.15, 0.2) is 5.03 Å². The van der Waals surface area contributed by atoms with Crippen molar-refractivity contribution in [2.24, 2.45) is 5.92 Å². The molecule has 1 atom stereocenters. The van der Waals surface area contributed by atoms with Gasteiger partial charge in [-0.3, -0.25) is 4.79 Å². The van der Waals surface area contributed by atoms with Crippen LogP contribution < -0.4 is 5.32 Å². The van der Waals surface area contributed by atoms with E-state index in [-0.39, 0.29) is 23.4 Å². The summed E-state index contributed by atoms with van der Waals surface area (Å²) >= 11 is 0. The van der Waals surface area contributed by atoms with Crippen LogP contribution in [0.25, 0.3) is 0 Å². The number of nitrogens with one attached hydrogen (secondary N) is 1. The van der Waals surface area contributed by atoms with Gasteiger partial charge in [0, 0.05) is 31.5 Å². The summed E-state index contributed by atoms with van der Waals surface area (Å²) in [7, 11) is -3.68. The van der Waals surface area contributed by atoms with Gasteiger partial charge in [0.1, 0.15) is 0 Å². The van der Waals surface area contributed by atoms with E-state index in [2.05, 4.69) is 17.2 Å². The Bertz CT molecular complexity index is 907. The van der Waals surface area contributed by atoms with Crippen molar-refractivity contribution in [3.05, 3.63) is 42.4 Å². The van der Waals surface area contributed by atoms with E-state index >= 15 is 0 Å². The van der Waals surface area contributed by atoms with Crippen molar-refractivity contribution in [3.8, 4) is 0 Å². The van der Waals surface area contributed by atoms with Crippen molar-refractivity contribution in [1.82, 2.24) is 13.9 Å². The molecule has 1 aliphatic heterocycles. The molecule has 0 radical (unpaired) electrons. The molecule has 1 aromatic carbocycles. The maximum Gasteiger partial charge on any atom is 0.262 e. The number of benzene rings is 1. The molecule has 146 valence electrons. The van der Waals surface area contributed by atoms with Gasteiger partial charge in [-0.2, -0.15) is 4.31 Å². The molecule has 1 aliphatic rings. The number of piperidine rings is 1. The first-order valence-corrected chi connectivity index (χ1v) is 10.8. The fraction of sp³-hybridized carbons (Fsp3) is 0.474. The number of carbonyl (C=O) groups excluding carboxylic acids is 1. The van der Waals surface area contributed by atoms with Crippen LogP contribution in [-0.4, -0.2) is 41.3 Å². The second kappa shape index (κ2) is 8.22. The molecule has 27 heavy (non-hydrogen) atoms. The second-order valence-corrected chi connectivity index (χ2v) is 8.67. The van der Waals surface area contributed by atoms with Crippen LogP contribution in [-0.2, 0) is 27.8 Å². The van der Waals surface area contributed by atoms with Crippen molar-refractivity contribution in [3.63, 3.8) is 0 Å². The maximum absolute atomic E-state index is 12.8. The van der Waals surface area contributed by atoms with E-state index in [1.807, 2.05) is 31.2 Å². The zero-order chi connectivity index (χ0) is 19.4. The van der Waals surface area contributed by atoms with Crippen LogP contribution in [0.5, 0.6) is 0 Å². The average molecular weight is 391 g/mol. The van der Waals surface area contributed by atoms with E-state index in [4.69, 9.17) is 0 Å². The Kier molecular flexibility index (Phi) is 5.96. The summed E-state index contributed by atoms with van der Waals surface area (Å²) in [5.41, 5.74) is 1.90. The molecule has 0 bridgehead atoms. The van der Waals surface area contributed by atoms with Gasteiger partial charge < -0.3 is 9.88 Å². The SMILES string of the molecule is CCc1cccc(NC(=O)[C@@H]2CCCN(S(=O)(=O)c3cn(CC)cn3)C2)c1. The molecule has 1 amide bonds. The number of carbonyl (C=O) groups is 1. The number of amides is 1. The lowest BCUT2D eigenvalue weighted by Gasteiger charge is -2.30. The predicted octanol–water partition coefficient (Wildman–Crippen LogP) is 2.50. The van der Waals surface area contributed by atoms with Crippen LogP contribution >= 0.6 is 0 Å². The van der Waals surface area contributed by atoms with Crippen molar-refractivity contribution < 1.29 is 13.2 Å². The summed E-state index contributed by atoms with van der Waals surface area (Å²) in [5, 5.41) is 2.97. The molecule has 3 rings (SSSR count). The van der Waals surface area contributed by atoms with Crippen molar-refractivity contribution >= 4 is 21.6 Å². The van der Waals surface area contributed by atoms with Gasteiger partial charge in [-0.15, -0.1) is 0 Å². The Morgan fingerprint density at radius 2 is 2.15 bits per heavy atom. The first-order valence-electron chi connectivity index (χ1n) is 9.35. The second-order valence-electron chi connectivity index (χ2n) is 6.79. The van der Waals surface area contributed by atoms with E-state index < -0.39 is 10.0 Å². The zero-order valence-corrected chi connectivity index (χ0v) is 16.6. The number of hydrogen-bond acceptors (Lipinski definition) is 4. The number of sulfonamides is 1. The van der Waals surface area contributed by atoms with Gasteiger partial charge in [0.05, 0.1) is 12.2 Å². The highest BCUT2D eigenvalue weighted by Gasteiger charge is 2.34. The topological polar surface area (TPSA) is 84.3 Å². The van der Waals surface area contributed by atoms with Crippen molar-refractivity contribution in [1.29, 1.82) is 0 Å². The van der Waals surface area contributed by atoms with Gasteiger partial charge in [0.2, 0.25) is 5.91 Å². The normalized spacial score (nSPS) is 18.4. The summed E-state index contributed by atoms with van der Waals surface area (Å²) < 4.78 is 28.8. The van der Waals surface area contributed by atoms with Crippen molar-refractivity contribution in [2.45, 2.75) is 44.7 Å². The molecule has 0 unspecified atom stereocenters. The van der Waals surface area contributed by atoms with Crippen LogP contribution in [0.15, 0.2) is 41.8 Å². The fourth-order valence-electron chi connectivity index (χ4n) is 3.27. The Balaban J connectivity index is 1.70. The lowest BCUT2D eigenvalue weighted by atomic mass is 9.98. The number of aryl methyl sites for hydroxylation is 2. The highest BCUT2D eigenvalue weighted by Crippen LogP contribution is 2.24.